The molecule has 2 N–H and O–H groups in total. The zero-order valence-electron chi connectivity index (χ0n) is 26.2. The quantitative estimate of drug-likeness (QED) is 0.139. The molecule has 0 aromatic heterocycles. The van der Waals surface area contributed by atoms with Gasteiger partial charge in [-0.1, -0.05) is 60.7 Å². The van der Waals surface area contributed by atoms with E-state index in [1.807, 2.05) is 54.6 Å². The molecule has 0 atom stereocenters. The van der Waals surface area contributed by atoms with Gasteiger partial charge in [-0.25, -0.2) is 0 Å². The van der Waals surface area contributed by atoms with E-state index in [1.54, 1.807) is 24.3 Å². The monoisotopic (exact) mass is 668 g/mol. The smallest absolute Gasteiger partial charge is 0.416 e. The number of alkyl halides is 3. The summed E-state index contributed by atoms with van der Waals surface area (Å²) in [6.07, 6.45) is -5.23. The van der Waals surface area contributed by atoms with Crippen LogP contribution in [0.15, 0.2) is 121 Å². The number of hydrogen-bond donors (Lipinski definition) is 2. The predicted molar refractivity (Wildman–Crippen MR) is 178 cm³/mol. The van der Waals surface area contributed by atoms with Crippen molar-refractivity contribution in [1.29, 1.82) is 0 Å². The van der Waals surface area contributed by atoms with E-state index in [1.165, 1.54) is 43.5 Å². The third kappa shape index (κ3) is 9.25. The van der Waals surface area contributed by atoms with Gasteiger partial charge in [0.25, 0.3) is 5.91 Å². The molecule has 0 aliphatic rings. The number of carbonyl (C=O) groups is 3. The zero-order chi connectivity index (χ0) is 35.0. The second-order valence-electron chi connectivity index (χ2n) is 11.0. The molecule has 8 nitrogen and oxygen atoms in total. The summed E-state index contributed by atoms with van der Waals surface area (Å²) in [6, 6.07) is 33.5. The second-order valence-corrected chi connectivity index (χ2v) is 11.0. The topological polar surface area (TPSA) is 105 Å². The Morgan fingerprint density at radius 3 is 1.94 bits per heavy atom. The lowest BCUT2D eigenvalue weighted by Gasteiger charge is -2.21. The lowest BCUT2D eigenvalue weighted by atomic mass is 10.0. The Morgan fingerprint density at radius 1 is 0.755 bits per heavy atom. The van der Waals surface area contributed by atoms with E-state index in [-0.39, 0.29) is 29.1 Å². The Balaban J connectivity index is 1.20. The van der Waals surface area contributed by atoms with Crippen LogP contribution in [0.4, 0.5) is 18.9 Å². The summed E-state index contributed by atoms with van der Waals surface area (Å²) >= 11 is 0. The normalized spacial score (nSPS) is 11.0. The van der Waals surface area contributed by atoms with Crippen molar-refractivity contribution in [2.75, 3.05) is 19.0 Å². The first kappa shape index (κ1) is 34.2. The highest BCUT2D eigenvalue weighted by Crippen LogP contribution is 2.35. The molecule has 5 aromatic rings. The largest absolute Gasteiger partial charge is 0.497 e. The molecule has 0 heterocycles. The number of ether oxygens (including phenoxy) is 2. The maximum absolute atomic E-state index is 13.5. The van der Waals surface area contributed by atoms with Gasteiger partial charge in [-0.3, -0.25) is 14.4 Å². The number of rotatable bonds is 12. The molecular weight excluding hydrogens is 637 g/mol. The Labute approximate surface area is 280 Å². The van der Waals surface area contributed by atoms with Crippen molar-refractivity contribution in [2.45, 2.75) is 19.1 Å². The van der Waals surface area contributed by atoms with Crippen molar-refractivity contribution in [1.82, 2.24) is 4.90 Å². The van der Waals surface area contributed by atoms with E-state index in [4.69, 9.17) is 9.47 Å². The number of benzene rings is 5. The third-order valence-electron chi connectivity index (χ3n) is 7.50. The van der Waals surface area contributed by atoms with Crippen molar-refractivity contribution in [3.63, 3.8) is 0 Å². The first-order valence-electron chi connectivity index (χ1n) is 15.1. The molecule has 0 aliphatic carbocycles. The number of nitrogens with one attached hydrogen (secondary N) is 1. The van der Waals surface area contributed by atoms with Crippen molar-refractivity contribution in [3.05, 3.63) is 144 Å². The van der Waals surface area contributed by atoms with Gasteiger partial charge in [-0.15, -0.1) is 0 Å². The summed E-state index contributed by atoms with van der Waals surface area (Å²) in [7, 11) is 1.25. The zero-order valence-corrected chi connectivity index (χ0v) is 26.2. The summed E-state index contributed by atoms with van der Waals surface area (Å²) in [5.74, 6) is -1.24. The van der Waals surface area contributed by atoms with Crippen LogP contribution in [0.2, 0.25) is 0 Å². The molecule has 11 heteroatoms. The lowest BCUT2D eigenvalue weighted by Crippen LogP contribution is -2.35. The number of hydrogen-bond acceptors (Lipinski definition) is 5. The van der Waals surface area contributed by atoms with Crippen molar-refractivity contribution < 1.29 is 42.1 Å². The number of aliphatic carboxylic acids is 1. The number of nitrogens with zero attached hydrogens (tertiary/aromatic N) is 1. The van der Waals surface area contributed by atoms with Crippen LogP contribution in [0.25, 0.3) is 11.1 Å². The maximum atomic E-state index is 13.5. The maximum Gasteiger partial charge on any atom is 0.416 e. The van der Waals surface area contributed by atoms with Gasteiger partial charge in [-0.2, -0.15) is 13.2 Å². The summed E-state index contributed by atoms with van der Waals surface area (Å²) in [6.45, 7) is -0.564. The molecule has 5 aromatic carbocycles. The van der Waals surface area contributed by atoms with E-state index in [0.717, 1.165) is 22.1 Å². The number of carboxylic acids is 1. The van der Waals surface area contributed by atoms with Crippen molar-refractivity contribution in [2.24, 2.45) is 0 Å². The highest BCUT2D eigenvalue weighted by molar-refractivity contribution is 5.97. The number of carboxylic acid groups (broad SMARTS) is 1. The fourth-order valence-corrected chi connectivity index (χ4v) is 5.09. The lowest BCUT2D eigenvalue weighted by molar-refractivity contribution is -0.139. The van der Waals surface area contributed by atoms with Crippen molar-refractivity contribution in [3.8, 4) is 28.4 Å². The van der Waals surface area contributed by atoms with Gasteiger partial charge in [0.2, 0.25) is 5.91 Å². The van der Waals surface area contributed by atoms with E-state index in [0.29, 0.717) is 17.1 Å². The minimum Gasteiger partial charge on any atom is -0.497 e. The summed E-state index contributed by atoms with van der Waals surface area (Å²) in [5.41, 5.74) is 2.02. The van der Waals surface area contributed by atoms with Crippen molar-refractivity contribution >= 4 is 23.5 Å². The second kappa shape index (κ2) is 15.2. The SMILES string of the molecule is COc1ccc(CC(=O)Nc2ccc(C(=O)N(CC(=O)O)Cc3ccc(Oc4ccc(-c5ccccc5)cc4)cc3)cc2)c(C(F)(F)F)c1. The van der Waals surface area contributed by atoms with E-state index < -0.39 is 42.5 Å². The molecule has 0 radical (unpaired) electrons. The predicted octanol–water partition coefficient (Wildman–Crippen LogP) is 8.08. The molecule has 0 unspecified atom stereocenters. The van der Waals surface area contributed by atoms with Gasteiger partial charge in [0.05, 0.1) is 19.1 Å². The number of halogens is 3. The Hall–Kier alpha value is -6.10. The Morgan fingerprint density at radius 2 is 1.35 bits per heavy atom. The van der Waals surface area contributed by atoms with Gasteiger partial charge in [-0.05, 0) is 82.9 Å². The molecule has 0 aliphatic heterocycles. The van der Waals surface area contributed by atoms with Gasteiger partial charge >= 0.3 is 12.1 Å². The van der Waals surface area contributed by atoms with Crippen LogP contribution >= 0.6 is 0 Å². The summed E-state index contributed by atoms with van der Waals surface area (Å²) in [4.78, 5) is 38.7. The highest BCUT2D eigenvalue weighted by atomic mass is 19.4. The van der Waals surface area contributed by atoms with Crippen LogP contribution in [0, 0.1) is 0 Å². The molecule has 0 fully saturated rings. The average molecular weight is 669 g/mol. The van der Waals surface area contributed by atoms with Gasteiger partial charge in [0.15, 0.2) is 0 Å². The molecule has 2 amide bonds. The van der Waals surface area contributed by atoms with E-state index >= 15 is 0 Å². The van der Waals surface area contributed by atoms with Gasteiger partial charge in [0.1, 0.15) is 23.8 Å². The molecule has 0 spiro atoms. The minimum atomic E-state index is -4.68. The number of methoxy groups -OCH3 is 1. The number of anilines is 1. The van der Waals surface area contributed by atoms with Crippen LogP contribution in [-0.4, -0.2) is 41.4 Å². The number of amides is 2. The van der Waals surface area contributed by atoms with Gasteiger partial charge in [0, 0.05) is 17.8 Å². The molecule has 49 heavy (non-hydrogen) atoms. The van der Waals surface area contributed by atoms with Crippen LogP contribution in [-0.2, 0) is 28.7 Å². The Bertz CT molecular complexity index is 1910. The van der Waals surface area contributed by atoms with Gasteiger partial charge < -0.3 is 24.8 Å². The van der Waals surface area contributed by atoms with Crippen LogP contribution in [0.5, 0.6) is 17.2 Å². The third-order valence-corrected chi connectivity index (χ3v) is 7.50. The fraction of sp³-hybridized carbons (Fsp3) is 0.132. The highest BCUT2D eigenvalue weighted by Gasteiger charge is 2.34. The van der Waals surface area contributed by atoms with Crippen LogP contribution in [0.3, 0.4) is 0 Å². The average Bonchev–Trinajstić information content (AvgIpc) is 3.09. The molecule has 0 saturated carbocycles. The van der Waals surface area contributed by atoms with E-state index in [9.17, 15) is 32.7 Å². The minimum absolute atomic E-state index is 0.000919. The fourth-order valence-electron chi connectivity index (χ4n) is 5.09. The van der Waals surface area contributed by atoms with Crippen LogP contribution in [0.1, 0.15) is 27.0 Å². The Kier molecular flexibility index (Phi) is 10.6. The summed E-state index contributed by atoms with van der Waals surface area (Å²) in [5, 5.41) is 12.0. The molecule has 5 rings (SSSR count). The van der Waals surface area contributed by atoms with Crippen LogP contribution < -0.4 is 14.8 Å². The standard InChI is InChI=1S/C38H31F3N2O6/c1-48-33-20-13-29(34(22-33)38(39,40)41)21-35(44)42-30-14-9-28(10-15-30)37(47)43(24-36(45)46)23-25-7-16-31(17-8-25)49-32-18-11-27(12-19-32)26-5-3-2-4-6-26/h2-20,22H,21,23-24H2,1H3,(H,42,44)(H,45,46). The van der Waals surface area contributed by atoms with E-state index in [2.05, 4.69) is 5.32 Å². The molecule has 0 saturated heterocycles. The molecule has 250 valence electrons. The molecule has 0 bridgehead atoms. The first-order chi connectivity index (χ1) is 23.5. The summed E-state index contributed by atoms with van der Waals surface area (Å²) < 4.78 is 51.4. The number of carbonyl (C=O) groups excluding carboxylic acids is 2. The first-order valence-corrected chi connectivity index (χ1v) is 15.1. The molecular formula is C38H31F3N2O6.